The van der Waals surface area contributed by atoms with Gasteiger partial charge in [0.25, 0.3) is 5.91 Å². The van der Waals surface area contributed by atoms with Crippen molar-refractivity contribution in [3.8, 4) is 5.75 Å². The first kappa shape index (κ1) is 15.2. The molecule has 0 aliphatic carbocycles. The monoisotopic (exact) mass is 324 g/mol. The molecule has 0 bridgehead atoms. The van der Waals surface area contributed by atoms with Crippen LogP contribution in [-0.4, -0.2) is 10.9 Å². The highest BCUT2D eigenvalue weighted by Crippen LogP contribution is 2.26. The van der Waals surface area contributed by atoms with Crippen LogP contribution in [0.3, 0.4) is 0 Å². The molecule has 116 valence electrons. The van der Waals surface area contributed by atoms with Crippen molar-refractivity contribution in [2.45, 2.75) is 13.5 Å². The summed E-state index contributed by atoms with van der Waals surface area (Å²) in [6, 6.07) is 15.4. The van der Waals surface area contributed by atoms with E-state index in [1.165, 1.54) is 11.3 Å². The Morgan fingerprint density at radius 2 is 2.00 bits per heavy atom. The summed E-state index contributed by atoms with van der Waals surface area (Å²) >= 11 is 1.36. The van der Waals surface area contributed by atoms with Crippen LogP contribution >= 0.6 is 11.3 Å². The first-order chi connectivity index (χ1) is 11.2. The van der Waals surface area contributed by atoms with Gasteiger partial charge in [0.05, 0.1) is 11.9 Å². The summed E-state index contributed by atoms with van der Waals surface area (Å²) in [4.78, 5) is 17.1. The highest BCUT2D eigenvalue weighted by molar-refractivity contribution is 7.12. The summed E-state index contributed by atoms with van der Waals surface area (Å²) in [5.74, 6) is 0.408. The maximum Gasteiger partial charge on any atom is 0.269 e. The van der Waals surface area contributed by atoms with Gasteiger partial charge in [-0.05, 0) is 36.1 Å². The zero-order valence-electron chi connectivity index (χ0n) is 12.7. The number of ether oxygens (including phenoxy) is 1. The van der Waals surface area contributed by atoms with Crippen LogP contribution in [-0.2, 0) is 6.61 Å². The lowest BCUT2D eigenvalue weighted by Gasteiger charge is -2.08. The van der Waals surface area contributed by atoms with E-state index in [9.17, 15) is 4.79 Å². The molecule has 1 amide bonds. The standard InChI is InChI=1S/C18H16N2O2S/c1-13-7-8-15(11-19-13)20-18(21)17-16(9-10-23-17)22-12-14-5-3-2-4-6-14/h2-11H,12H2,1H3,(H,20,21). The Bertz CT molecular complexity index is 782. The molecule has 1 aromatic carbocycles. The Morgan fingerprint density at radius 3 is 2.74 bits per heavy atom. The van der Waals surface area contributed by atoms with Crippen molar-refractivity contribution < 1.29 is 9.53 Å². The van der Waals surface area contributed by atoms with Crippen LogP contribution in [0.25, 0.3) is 0 Å². The molecule has 0 unspecified atom stereocenters. The van der Waals surface area contributed by atoms with Crippen LogP contribution in [0.5, 0.6) is 5.75 Å². The predicted octanol–water partition coefficient (Wildman–Crippen LogP) is 4.28. The highest BCUT2D eigenvalue weighted by atomic mass is 32.1. The minimum Gasteiger partial charge on any atom is -0.487 e. The molecule has 0 fully saturated rings. The zero-order valence-corrected chi connectivity index (χ0v) is 13.5. The average Bonchev–Trinajstić information content (AvgIpc) is 3.05. The molecule has 4 nitrogen and oxygen atoms in total. The minimum atomic E-state index is -0.186. The van der Waals surface area contributed by atoms with E-state index in [-0.39, 0.29) is 5.91 Å². The fraction of sp³-hybridized carbons (Fsp3) is 0.111. The Hall–Kier alpha value is -2.66. The lowest BCUT2D eigenvalue weighted by Crippen LogP contribution is -2.12. The van der Waals surface area contributed by atoms with E-state index in [0.29, 0.717) is 22.9 Å². The smallest absolute Gasteiger partial charge is 0.269 e. The van der Waals surface area contributed by atoms with Crippen LogP contribution in [0, 0.1) is 6.92 Å². The molecule has 0 saturated carbocycles. The van der Waals surface area contributed by atoms with Gasteiger partial charge in [-0.3, -0.25) is 9.78 Å². The van der Waals surface area contributed by atoms with Gasteiger partial charge in [0.1, 0.15) is 17.2 Å². The van der Waals surface area contributed by atoms with E-state index in [4.69, 9.17) is 4.74 Å². The molecular formula is C18H16N2O2S. The van der Waals surface area contributed by atoms with Gasteiger partial charge in [-0.1, -0.05) is 30.3 Å². The largest absolute Gasteiger partial charge is 0.487 e. The minimum absolute atomic E-state index is 0.186. The number of amides is 1. The molecule has 2 aromatic heterocycles. The van der Waals surface area contributed by atoms with Gasteiger partial charge in [-0.2, -0.15) is 0 Å². The fourth-order valence-corrected chi connectivity index (χ4v) is 2.77. The number of aryl methyl sites for hydroxylation is 1. The van der Waals surface area contributed by atoms with Crippen LogP contribution in [0.4, 0.5) is 5.69 Å². The Balaban J connectivity index is 1.67. The molecule has 0 radical (unpaired) electrons. The van der Waals surface area contributed by atoms with Gasteiger partial charge in [0.15, 0.2) is 0 Å². The Morgan fingerprint density at radius 1 is 1.17 bits per heavy atom. The number of carbonyl (C=O) groups excluding carboxylic acids is 1. The molecule has 3 rings (SSSR count). The molecule has 23 heavy (non-hydrogen) atoms. The molecule has 0 saturated heterocycles. The number of hydrogen-bond acceptors (Lipinski definition) is 4. The van der Waals surface area contributed by atoms with E-state index in [0.717, 1.165) is 11.3 Å². The second-order valence-electron chi connectivity index (χ2n) is 5.03. The van der Waals surface area contributed by atoms with Crippen LogP contribution in [0.1, 0.15) is 20.9 Å². The Labute approximate surface area is 138 Å². The summed E-state index contributed by atoms with van der Waals surface area (Å²) in [5, 5.41) is 4.69. The number of hydrogen-bond donors (Lipinski definition) is 1. The number of benzene rings is 1. The number of thiophene rings is 1. The number of carbonyl (C=O) groups is 1. The maximum atomic E-state index is 12.4. The van der Waals surface area contributed by atoms with Crippen LogP contribution in [0.15, 0.2) is 60.1 Å². The third-order valence-electron chi connectivity index (χ3n) is 3.24. The summed E-state index contributed by atoms with van der Waals surface area (Å²) in [5.41, 5.74) is 2.64. The predicted molar refractivity (Wildman–Crippen MR) is 92.0 cm³/mol. The van der Waals surface area contributed by atoms with Gasteiger partial charge in [-0.15, -0.1) is 11.3 Å². The van der Waals surface area contributed by atoms with E-state index in [1.807, 2.05) is 60.8 Å². The molecule has 0 aliphatic rings. The normalized spacial score (nSPS) is 10.3. The van der Waals surface area contributed by atoms with E-state index >= 15 is 0 Å². The maximum absolute atomic E-state index is 12.4. The SMILES string of the molecule is Cc1ccc(NC(=O)c2sccc2OCc2ccccc2)cn1. The van der Waals surface area contributed by atoms with Gasteiger partial charge >= 0.3 is 0 Å². The quantitative estimate of drug-likeness (QED) is 0.762. The third-order valence-corrected chi connectivity index (χ3v) is 4.14. The molecule has 5 heteroatoms. The number of pyridine rings is 1. The fourth-order valence-electron chi connectivity index (χ4n) is 2.04. The molecule has 0 atom stereocenters. The van der Waals surface area contributed by atoms with Gasteiger partial charge < -0.3 is 10.1 Å². The summed E-state index contributed by atoms with van der Waals surface area (Å²) in [6.07, 6.45) is 1.64. The first-order valence-electron chi connectivity index (χ1n) is 7.20. The van der Waals surface area contributed by atoms with Crippen molar-refractivity contribution in [2.75, 3.05) is 5.32 Å². The van der Waals surface area contributed by atoms with Crippen LogP contribution < -0.4 is 10.1 Å². The van der Waals surface area contributed by atoms with E-state index < -0.39 is 0 Å². The van der Waals surface area contributed by atoms with Gasteiger partial charge in [0, 0.05) is 5.69 Å². The van der Waals surface area contributed by atoms with Crippen molar-refractivity contribution in [1.82, 2.24) is 4.98 Å². The molecule has 2 heterocycles. The van der Waals surface area contributed by atoms with E-state index in [1.54, 1.807) is 6.20 Å². The molecule has 3 aromatic rings. The van der Waals surface area contributed by atoms with Crippen molar-refractivity contribution in [3.63, 3.8) is 0 Å². The third kappa shape index (κ3) is 3.96. The topological polar surface area (TPSA) is 51.2 Å². The number of nitrogens with one attached hydrogen (secondary N) is 1. The molecular weight excluding hydrogens is 308 g/mol. The highest BCUT2D eigenvalue weighted by Gasteiger charge is 2.15. The van der Waals surface area contributed by atoms with Crippen molar-refractivity contribution in [1.29, 1.82) is 0 Å². The molecule has 0 spiro atoms. The zero-order chi connectivity index (χ0) is 16.1. The van der Waals surface area contributed by atoms with Crippen molar-refractivity contribution >= 4 is 22.9 Å². The van der Waals surface area contributed by atoms with Gasteiger partial charge in [0.2, 0.25) is 0 Å². The summed E-state index contributed by atoms with van der Waals surface area (Å²) in [6.45, 7) is 2.34. The first-order valence-corrected chi connectivity index (χ1v) is 8.08. The number of rotatable bonds is 5. The lowest BCUT2D eigenvalue weighted by atomic mass is 10.2. The second kappa shape index (κ2) is 7.07. The van der Waals surface area contributed by atoms with E-state index in [2.05, 4.69) is 10.3 Å². The number of nitrogens with zero attached hydrogens (tertiary/aromatic N) is 1. The number of anilines is 1. The summed E-state index contributed by atoms with van der Waals surface area (Å²) < 4.78 is 5.78. The average molecular weight is 324 g/mol. The van der Waals surface area contributed by atoms with Gasteiger partial charge in [-0.25, -0.2) is 0 Å². The number of aromatic nitrogens is 1. The second-order valence-corrected chi connectivity index (χ2v) is 5.95. The molecule has 0 aliphatic heterocycles. The van der Waals surface area contributed by atoms with Crippen molar-refractivity contribution in [2.24, 2.45) is 0 Å². The lowest BCUT2D eigenvalue weighted by molar-refractivity contribution is 0.102. The van der Waals surface area contributed by atoms with Crippen molar-refractivity contribution in [3.05, 3.63) is 76.2 Å². The Kier molecular flexibility index (Phi) is 4.68. The molecule has 1 N–H and O–H groups in total. The summed E-state index contributed by atoms with van der Waals surface area (Å²) in [7, 11) is 0. The van der Waals surface area contributed by atoms with Crippen LogP contribution in [0.2, 0.25) is 0 Å².